The summed E-state index contributed by atoms with van der Waals surface area (Å²) in [6.45, 7) is 7.24. The monoisotopic (exact) mass is 213 g/mol. The summed E-state index contributed by atoms with van der Waals surface area (Å²) in [5.41, 5.74) is 0. The van der Waals surface area contributed by atoms with Crippen LogP contribution in [-0.4, -0.2) is 39.0 Å². The molecular formula is C12H23NO2. The van der Waals surface area contributed by atoms with Crippen molar-refractivity contribution in [2.75, 3.05) is 32.9 Å². The molecule has 2 aliphatic heterocycles. The minimum atomic E-state index is 0.455. The molecule has 0 aromatic carbocycles. The van der Waals surface area contributed by atoms with E-state index in [1.807, 2.05) is 0 Å². The Morgan fingerprint density at radius 2 is 2.20 bits per heavy atom. The van der Waals surface area contributed by atoms with Crippen molar-refractivity contribution in [2.45, 2.75) is 32.3 Å². The highest BCUT2D eigenvalue weighted by Crippen LogP contribution is 2.31. The van der Waals surface area contributed by atoms with Gasteiger partial charge in [-0.25, -0.2) is 0 Å². The highest BCUT2D eigenvalue weighted by atomic mass is 16.5. The van der Waals surface area contributed by atoms with Gasteiger partial charge in [-0.15, -0.1) is 0 Å². The van der Waals surface area contributed by atoms with Gasteiger partial charge in [-0.05, 0) is 25.8 Å². The van der Waals surface area contributed by atoms with Crippen LogP contribution in [-0.2, 0) is 9.47 Å². The minimum absolute atomic E-state index is 0.455. The Hall–Kier alpha value is -0.120. The van der Waals surface area contributed by atoms with Gasteiger partial charge in [0.15, 0.2) is 0 Å². The Balaban J connectivity index is 1.76. The third kappa shape index (κ3) is 2.92. The molecular weight excluding hydrogens is 190 g/mol. The molecule has 0 radical (unpaired) electrons. The quantitative estimate of drug-likeness (QED) is 0.701. The molecule has 0 amide bonds. The Labute approximate surface area is 92.5 Å². The summed E-state index contributed by atoms with van der Waals surface area (Å²) >= 11 is 0. The molecule has 0 saturated carbocycles. The fraction of sp³-hybridized carbons (Fsp3) is 1.00. The molecule has 0 aromatic rings. The van der Waals surface area contributed by atoms with Gasteiger partial charge in [0.25, 0.3) is 0 Å². The molecule has 3 unspecified atom stereocenters. The number of hydrogen-bond acceptors (Lipinski definition) is 3. The van der Waals surface area contributed by atoms with Crippen LogP contribution in [0.15, 0.2) is 0 Å². The predicted octanol–water partition coefficient (Wildman–Crippen LogP) is 1.43. The number of rotatable bonds is 5. The summed E-state index contributed by atoms with van der Waals surface area (Å²) in [5.74, 6) is 1.36. The molecule has 0 bridgehead atoms. The van der Waals surface area contributed by atoms with E-state index in [2.05, 4.69) is 12.2 Å². The van der Waals surface area contributed by atoms with Crippen LogP contribution >= 0.6 is 0 Å². The van der Waals surface area contributed by atoms with E-state index in [-0.39, 0.29) is 0 Å². The molecule has 3 nitrogen and oxygen atoms in total. The van der Waals surface area contributed by atoms with E-state index < -0.39 is 0 Å². The predicted molar refractivity (Wildman–Crippen MR) is 59.9 cm³/mol. The van der Waals surface area contributed by atoms with Crippen molar-refractivity contribution in [3.8, 4) is 0 Å². The van der Waals surface area contributed by atoms with Gasteiger partial charge in [-0.1, -0.05) is 6.92 Å². The molecule has 0 aromatic heterocycles. The van der Waals surface area contributed by atoms with Gasteiger partial charge in [0.2, 0.25) is 0 Å². The van der Waals surface area contributed by atoms with Crippen LogP contribution < -0.4 is 5.32 Å². The van der Waals surface area contributed by atoms with Crippen LogP contribution in [0.25, 0.3) is 0 Å². The fourth-order valence-corrected chi connectivity index (χ4v) is 2.67. The molecule has 0 spiro atoms. The van der Waals surface area contributed by atoms with Crippen molar-refractivity contribution < 1.29 is 9.47 Å². The fourth-order valence-electron chi connectivity index (χ4n) is 2.67. The zero-order chi connectivity index (χ0) is 10.5. The van der Waals surface area contributed by atoms with Crippen molar-refractivity contribution in [2.24, 2.45) is 11.8 Å². The van der Waals surface area contributed by atoms with E-state index in [0.717, 1.165) is 32.9 Å². The topological polar surface area (TPSA) is 30.5 Å². The van der Waals surface area contributed by atoms with Crippen LogP contribution in [0.2, 0.25) is 0 Å². The smallest absolute Gasteiger partial charge is 0.0667 e. The molecule has 2 rings (SSSR count). The lowest BCUT2D eigenvalue weighted by Crippen LogP contribution is -2.34. The van der Waals surface area contributed by atoms with Gasteiger partial charge >= 0.3 is 0 Å². The molecule has 2 aliphatic rings. The molecule has 0 aliphatic carbocycles. The van der Waals surface area contributed by atoms with Crippen LogP contribution in [0.4, 0.5) is 0 Å². The lowest BCUT2D eigenvalue weighted by Gasteiger charge is -2.23. The van der Waals surface area contributed by atoms with E-state index in [1.165, 1.54) is 19.3 Å². The van der Waals surface area contributed by atoms with Gasteiger partial charge in [-0.3, -0.25) is 0 Å². The first-order valence-electron chi connectivity index (χ1n) is 6.32. The maximum atomic E-state index is 5.86. The molecule has 2 heterocycles. The Bertz CT molecular complexity index is 180. The SMILES string of the molecule is CCCNCC1CCOC1C1CCOC1. The second-order valence-corrected chi connectivity index (χ2v) is 4.71. The largest absolute Gasteiger partial charge is 0.381 e. The summed E-state index contributed by atoms with van der Waals surface area (Å²) in [7, 11) is 0. The van der Waals surface area contributed by atoms with Crippen molar-refractivity contribution in [1.29, 1.82) is 0 Å². The third-order valence-corrected chi connectivity index (χ3v) is 3.53. The Morgan fingerprint density at radius 1 is 1.27 bits per heavy atom. The summed E-state index contributed by atoms with van der Waals surface area (Å²) in [4.78, 5) is 0. The first-order valence-corrected chi connectivity index (χ1v) is 6.32. The average molecular weight is 213 g/mol. The molecule has 2 fully saturated rings. The van der Waals surface area contributed by atoms with E-state index >= 15 is 0 Å². The normalized spacial score (nSPS) is 36.2. The summed E-state index contributed by atoms with van der Waals surface area (Å²) < 4.78 is 11.3. The standard InChI is InChI=1S/C12H23NO2/c1-2-5-13-8-10-4-7-15-12(10)11-3-6-14-9-11/h10-13H,2-9H2,1H3. The van der Waals surface area contributed by atoms with E-state index in [9.17, 15) is 0 Å². The van der Waals surface area contributed by atoms with E-state index in [1.54, 1.807) is 0 Å². The van der Waals surface area contributed by atoms with Gasteiger partial charge in [0.05, 0.1) is 12.7 Å². The number of nitrogens with one attached hydrogen (secondary N) is 1. The van der Waals surface area contributed by atoms with Gasteiger partial charge in [-0.2, -0.15) is 0 Å². The zero-order valence-electron chi connectivity index (χ0n) is 9.71. The second kappa shape index (κ2) is 5.83. The van der Waals surface area contributed by atoms with Crippen molar-refractivity contribution >= 4 is 0 Å². The van der Waals surface area contributed by atoms with Gasteiger partial charge in [0, 0.05) is 31.6 Å². The third-order valence-electron chi connectivity index (χ3n) is 3.53. The molecule has 2 saturated heterocycles. The van der Waals surface area contributed by atoms with E-state index in [0.29, 0.717) is 17.9 Å². The van der Waals surface area contributed by atoms with Gasteiger partial charge < -0.3 is 14.8 Å². The lowest BCUT2D eigenvalue weighted by molar-refractivity contribution is 0.0358. The molecule has 3 atom stereocenters. The lowest BCUT2D eigenvalue weighted by atomic mass is 9.90. The summed E-state index contributed by atoms with van der Waals surface area (Å²) in [5, 5.41) is 3.51. The van der Waals surface area contributed by atoms with Crippen LogP contribution in [0.5, 0.6) is 0 Å². The molecule has 1 N–H and O–H groups in total. The van der Waals surface area contributed by atoms with Gasteiger partial charge in [0.1, 0.15) is 0 Å². The summed E-state index contributed by atoms with van der Waals surface area (Å²) in [6.07, 6.45) is 4.08. The minimum Gasteiger partial charge on any atom is -0.381 e. The van der Waals surface area contributed by atoms with Crippen LogP contribution in [0.1, 0.15) is 26.2 Å². The molecule has 3 heteroatoms. The first-order chi connectivity index (χ1) is 7.42. The van der Waals surface area contributed by atoms with Crippen LogP contribution in [0.3, 0.4) is 0 Å². The maximum Gasteiger partial charge on any atom is 0.0667 e. The maximum absolute atomic E-state index is 5.86. The Kier molecular flexibility index (Phi) is 4.42. The van der Waals surface area contributed by atoms with Crippen molar-refractivity contribution in [1.82, 2.24) is 5.32 Å². The average Bonchev–Trinajstić information content (AvgIpc) is 2.87. The zero-order valence-corrected chi connectivity index (χ0v) is 9.71. The number of ether oxygens (including phenoxy) is 2. The summed E-state index contributed by atoms with van der Waals surface area (Å²) in [6, 6.07) is 0. The van der Waals surface area contributed by atoms with E-state index in [4.69, 9.17) is 9.47 Å². The van der Waals surface area contributed by atoms with Crippen molar-refractivity contribution in [3.05, 3.63) is 0 Å². The highest BCUT2D eigenvalue weighted by molar-refractivity contribution is 4.85. The van der Waals surface area contributed by atoms with Crippen LogP contribution in [0, 0.1) is 11.8 Å². The number of hydrogen-bond donors (Lipinski definition) is 1. The second-order valence-electron chi connectivity index (χ2n) is 4.71. The molecule has 88 valence electrons. The Morgan fingerprint density at radius 3 is 2.93 bits per heavy atom. The first kappa shape index (κ1) is 11.4. The highest BCUT2D eigenvalue weighted by Gasteiger charge is 2.36. The molecule has 15 heavy (non-hydrogen) atoms. The van der Waals surface area contributed by atoms with Crippen molar-refractivity contribution in [3.63, 3.8) is 0 Å².